The molecule has 123 heavy (non-hydrogen) atoms. The molecule has 0 bridgehead atoms. The van der Waals surface area contributed by atoms with Gasteiger partial charge in [-0.05, 0) is 130 Å². The van der Waals surface area contributed by atoms with Gasteiger partial charge in [-0.25, -0.2) is 57.3 Å². The summed E-state index contributed by atoms with van der Waals surface area (Å²) in [7, 11) is 4.23. The highest BCUT2D eigenvalue weighted by Gasteiger charge is 2.23. The fourth-order valence-electron chi connectivity index (χ4n) is 8.03. The molecule has 0 aliphatic heterocycles. The number of rotatable bonds is 28. The van der Waals surface area contributed by atoms with Crippen LogP contribution in [0, 0.1) is 95.7 Å². The molecule has 0 radical (unpaired) electrons. The fraction of sp³-hybridized carbons (Fsp3) is 0.113. The normalized spacial score (nSPS) is 10.9. The third kappa shape index (κ3) is 30.2. The Balaban J connectivity index is 0.000000203. The van der Waals surface area contributed by atoms with Gasteiger partial charge in [-0.1, -0.05) is 93.5 Å². The maximum Gasteiger partial charge on any atom is 0.337 e. The summed E-state index contributed by atoms with van der Waals surface area (Å²) in [6.45, 7) is 6.89. The number of ketones is 6. The number of Topliss-reactive ketones (excluding diaryl/α,β-unsaturated/α-hetero) is 6. The summed E-state index contributed by atoms with van der Waals surface area (Å²) >= 11 is 28.3. The van der Waals surface area contributed by atoms with E-state index in [2.05, 4.69) is 126 Å². The smallest absolute Gasteiger partial charge is 0.337 e. The highest BCUT2D eigenvalue weighted by Crippen LogP contribution is 2.29. The van der Waals surface area contributed by atoms with E-state index in [-0.39, 0.29) is 56.0 Å². The number of nitriles is 6. The molecule has 0 aliphatic carbocycles. The molecule has 12 aromatic rings. The van der Waals surface area contributed by atoms with Crippen LogP contribution in [0.2, 0.25) is 15.1 Å². The van der Waals surface area contributed by atoms with Gasteiger partial charge in [0.15, 0.2) is 15.8 Å². The lowest BCUT2D eigenvalue weighted by Crippen LogP contribution is -2.14. The van der Waals surface area contributed by atoms with E-state index in [1.54, 1.807) is 117 Å². The molecule has 6 N–H and O–H groups in total. The lowest BCUT2D eigenvalue weighted by atomic mass is 10.1. The molecule has 0 spiro atoms. The number of hydrogen-bond acceptors (Lipinski definition) is 49. The molecule has 0 aliphatic rings. The number of thiophene rings is 2. The third-order valence-corrected chi connectivity index (χ3v) is 21.3. The number of anilines is 6. The molecule has 8 aromatic heterocycles. The summed E-state index contributed by atoms with van der Waals surface area (Å²) in [5, 5.41) is 98.6. The van der Waals surface area contributed by atoms with Gasteiger partial charge in [0, 0.05) is 78.4 Å². The van der Waals surface area contributed by atoms with Crippen LogP contribution in [0.3, 0.4) is 0 Å². The van der Waals surface area contributed by atoms with E-state index in [9.17, 15) is 33.6 Å². The van der Waals surface area contributed by atoms with E-state index in [1.807, 2.05) is 6.26 Å². The highest BCUT2D eigenvalue weighted by atomic mass is 35.5. The van der Waals surface area contributed by atoms with Gasteiger partial charge in [-0.15, -0.1) is 43.1 Å². The van der Waals surface area contributed by atoms with Crippen molar-refractivity contribution in [1.82, 2.24) is 57.8 Å². The summed E-state index contributed by atoms with van der Waals surface area (Å²) in [4.78, 5) is 101. The van der Waals surface area contributed by atoms with Crippen molar-refractivity contribution in [2.75, 3.05) is 60.1 Å². The number of thioether (sulfide) groups is 1. The number of methoxy groups -OCH3 is 3. The third-order valence-electron chi connectivity index (χ3n) is 13.5. The van der Waals surface area contributed by atoms with E-state index in [1.165, 1.54) is 151 Å². The van der Waals surface area contributed by atoms with Crippen molar-refractivity contribution in [2.45, 2.75) is 32.0 Å². The molecule has 0 fully saturated rings. The van der Waals surface area contributed by atoms with Crippen LogP contribution < -0.4 is 42.0 Å². The summed E-state index contributed by atoms with van der Waals surface area (Å²) < 4.78 is 31.4. The van der Waals surface area contributed by atoms with Gasteiger partial charge < -0.3 is 14.2 Å². The van der Waals surface area contributed by atoms with Crippen molar-refractivity contribution < 1.29 is 47.8 Å². The SMILES string of the molecule is COC(=O)c1ccc(C(=O)/C(C#N)=N/Nc2nc(C)ns2)cc1.COc1ccc(C(=O)/C(C#N)=N/Nc2nc(C)ns2)cc1OC.CSc1nnc(N/N=C(\C#N)C(=O)c2cccs2)s1.Cc1nsc(N/N=C(\C#N)C(=O)c2ccc(Cl)cc2)n1.Cc1nsc(N/N=C(\C#N)C(=O)c2ccc(Cl)cc2Cl)n1.N#C/C(=N\Nc1nncs1)C(=O)c1cccs1. The Hall–Kier alpha value is -14.3. The Bertz CT molecular complexity index is 6210. The number of aryl methyl sites for hydroxylation is 4. The molecule has 0 saturated carbocycles. The van der Waals surface area contributed by atoms with E-state index in [4.69, 9.17) is 75.8 Å². The second kappa shape index (κ2) is 49.9. The molecular weight excluding hydrogens is 1830 g/mol. The van der Waals surface area contributed by atoms with Gasteiger partial charge in [-0.2, -0.15) is 79.7 Å². The summed E-state index contributed by atoms with van der Waals surface area (Å²) in [5.41, 5.74) is 16.4. The second-order valence-electron chi connectivity index (χ2n) is 21.7. The zero-order valence-corrected chi connectivity index (χ0v) is 73.4. The van der Waals surface area contributed by atoms with Crippen LogP contribution in [0.25, 0.3) is 0 Å². The van der Waals surface area contributed by atoms with Crippen molar-refractivity contribution in [1.29, 1.82) is 31.6 Å². The average molecular weight is 1880 g/mol. The summed E-state index contributed by atoms with van der Waals surface area (Å²) in [5.74, 6) is -0.326. The van der Waals surface area contributed by atoms with Crippen molar-refractivity contribution >= 4 is 244 Å². The molecule has 52 heteroatoms. The molecule has 40 nitrogen and oxygen atoms in total. The first-order valence-corrected chi connectivity index (χ1v) is 41.9. The predicted octanol–water partition coefficient (Wildman–Crippen LogP) is 14.1. The van der Waals surface area contributed by atoms with Crippen LogP contribution in [-0.4, -0.2) is 160 Å². The van der Waals surface area contributed by atoms with E-state index < -0.39 is 40.7 Å². The van der Waals surface area contributed by atoms with Crippen LogP contribution in [0.5, 0.6) is 11.5 Å². The van der Waals surface area contributed by atoms with Gasteiger partial charge in [0.2, 0.25) is 99.8 Å². The van der Waals surface area contributed by atoms with Crippen LogP contribution in [0.1, 0.15) is 94.4 Å². The number of hydrogen-bond donors (Lipinski definition) is 6. The van der Waals surface area contributed by atoms with Crippen molar-refractivity contribution in [3.8, 4) is 47.9 Å². The minimum Gasteiger partial charge on any atom is -0.493 e. The standard InChI is InChI=1S/C14H13N5O3S.C14H11N5O3S.C12H7Cl2N5OS.C12H8ClN5OS.C10H7N5OS3.C9H5N5OS2/c1-8-16-14(23-19-8)18-17-10(7-15)13(20)9-4-5-11(21-2)12(6-9)22-3;1-8-16-14(23-19-8)18-17-11(7-15)12(20)9-3-5-10(6-4-9)13(21)22-2;1-6-16-12(21-19-6)18-17-10(5-15)11(20)8-3-2-7(13)4-9(8)14;1-7-15-12(20-18-7)17-16-10(6-14)11(19)8-2-4-9(13)5-3-8;1-17-10-15-14-9(19-10)13-12-6(5-11)8(16)7-3-2-4-18-7;10-4-6(8(15)7-2-1-3-16-7)12-14-9-13-11-5-17-9/h4-6H,1-3H3,(H,16,18,19);3-6H,1-2H3,(H,16,18,19);2-4H,1H3,(H,16,18,19);2-5H,1H3,(H,15,17,18);2-4H,1H3,(H,13,14);1-3,5H,(H,13,14)/b17-10+;17-11+;17-10+;16-10+;2*12-6+. The molecule has 8 heterocycles. The first-order valence-electron chi connectivity index (χ1n) is 33.0. The Morgan fingerprint density at radius 3 is 1.13 bits per heavy atom. The average Bonchev–Trinajstić information content (AvgIpc) is 1.51. The number of nitrogens with one attached hydrogen (secondary N) is 6. The van der Waals surface area contributed by atoms with Crippen LogP contribution in [0.4, 0.5) is 30.8 Å². The van der Waals surface area contributed by atoms with E-state index >= 15 is 0 Å². The molecule has 4 aromatic carbocycles. The van der Waals surface area contributed by atoms with Gasteiger partial charge in [0.1, 0.15) is 65.2 Å². The number of esters is 1. The molecule has 0 amide bonds. The topological polar surface area (TPSA) is 591 Å². The number of carbonyl (C=O) groups is 7. The molecule has 620 valence electrons. The largest absolute Gasteiger partial charge is 0.493 e. The highest BCUT2D eigenvalue weighted by molar-refractivity contribution is 8.00. The van der Waals surface area contributed by atoms with E-state index in [0.717, 1.165) is 50.5 Å². The number of halogens is 3. The van der Waals surface area contributed by atoms with Crippen molar-refractivity contribution in [3.63, 3.8) is 0 Å². The van der Waals surface area contributed by atoms with Crippen LogP contribution >= 0.6 is 138 Å². The first kappa shape index (κ1) is 95.8. The maximum absolute atomic E-state index is 12.3. The fourth-order valence-corrected chi connectivity index (χ4v) is 13.5. The van der Waals surface area contributed by atoms with Gasteiger partial charge in [0.25, 0.3) is 0 Å². The number of nitrogens with zero attached hydrogens (tertiary/aromatic N) is 24. The van der Waals surface area contributed by atoms with Gasteiger partial charge >= 0.3 is 5.97 Å². The Labute approximate surface area is 747 Å². The molecular formula is C71H51Cl3N30O10S9. The minimum atomic E-state index is -0.604. The van der Waals surface area contributed by atoms with Crippen molar-refractivity contribution in [2.24, 2.45) is 30.6 Å². The summed E-state index contributed by atoms with van der Waals surface area (Å²) in [6, 6.07) is 38.2. The lowest BCUT2D eigenvalue weighted by Gasteiger charge is -2.08. The van der Waals surface area contributed by atoms with Gasteiger partial charge in [0.05, 0.1) is 41.7 Å². The lowest BCUT2D eigenvalue weighted by molar-refractivity contribution is 0.0599. The zero-order valence-electron chi connectivity index (χ0n) is 63.7. The van der Waals surface area contributed by atoms with Crippen LogP contribution in [-0.2, 0) is 4.74 Å². The second-order valence-corrected chi connectivity index (χ2v) is 30.8. The molecule has 0 atom stereocenters. The quantitative estimate of drug-likeness (QED) is 0.00872. The molecule has 0 unspecified atom stereocenters. The number of aromatic nitrogens is 12. The zero-order chi connectivity index (χ0) is 89.3. The number of ether oxygens (including phenoxy) is 3. The maximum atomic E-state index is 12.3. The first-order chi connectivity index (χ1) is 59.3. The Morgan fingerprint density at radius 1 is 0.407 bits per heavy atom. The van der Waals surface area contributed by atoms with Crippen LogP contribution in [0.15, 0.2) is 160 Å². The Morgan fingerprint density at radius 2 is 0.780 bits per heavy atom. The number of carbonyl (C=O) groups excluding carboxylic acids is 7. The van der Waals surface area contributed by atoms with E-state index in [0.29, 0.717) is 96.5 Å². The van der Waals surface area contributed by atoms with Crippen molar-refractivity contribution in [3.05, 3.63) is 201 Å². The monoisotopic (exact) mass is 1880 g/mol. The Kier molecular flexibility index (Phi) is 38.9. The van der Waals surface area contributed by atoms with Gasteiger partial charge in [-0.3, -0.25) is 28.8 Å². The number of benzene rings is 4. The minimum absolute atomic E-state index is 0.150. The molecule has 0 saturated heterocycles. The summed E-state index contributed by atoms with van der Waals surface area (Å²) in [6.07, 6.45) is 1.88. The predicted molar refractivity (Wildman–Crippen MR) is 470 cm³/mol. The molecule has 12 rings (SSSR count). The number of hydrazone groups is 6.